The van der Waals surface area contributed by atoms with Crippen LogP contribution in [0.3, 0.4) is 0 Å². The van der Waals surface area contributed by atoms with Gasteiger partial charge in [-0.25, -0.2) is 4.79 Å². The van der Waals surface area contributed by atoms with Crippen LogP contribution in [0, 0.1) is 0 Å². The second kappa shape index (κ2) is 5.81. The molecule has 1 aliphatic heterocycles. The first-order valence-corrected chi connectivity index (χ1v) is 7.42. The number of fused-ring (bicyclic) bond motifs is 1. The molecule has 2 amide bonds. The number of amides is 2. The highest BCUT2D eigenvalue weighted by atomic mass is 16.6. The standard InChI is InChI=1S/C18H16N2O4/c1-18(10-12-4-2-3-5-14(12)16(22)24-18)17(23)20-13-8-6-11(7-9-13)15(19)21/h2-9H,10H2,1H3,(H2,19,21)(H,20,23). The highest BCUT2D eigenvalue weighted by Crippen LogP contribution is 2.29. The maximum absolute atomic E-state index is 12.6. The zero-order valence-electron chi connectivity index (χ0n) is 13.0. The minimum absolute atomic E-state index is 0.292. The van der Waals surface area contributed by atoms with E-state index in [1.54, 1.807) is 31.2 Å². The van der Waals surface area contributed by atoms with Gasteiger partial charge in [0.2, 0.25) is 5.91 Å². The molecule has 3 rings (SSSR count). The van der Waals surface area contributed by atoms with Crippen molar-refractivity contribution in [3.63, 3.8) is 0 Å². The maximum atomic E-state index is 12.6. The molecule has 24 heavy (non-hydrogen) atoms. The second-order valence-electron chi connectivity index (χ2n) is 5.85. The molecule has 2 aromatic carbocycles. The Balaban J connectivity index is 1.80. The van der Waals surface area contributed by atoms with Crippen LogP contribution < -0.4 is 11.1 Å². The van der Waals surface area contributed by atoms with Gasteiger partial charge < -0.3 is 15.8 Å². The molecule has 3 N–H and O–H groups in total. The van der Waals surface area contributed by atoms with Crippen LogP contribution in [0.1, 0.15) is 33.2 Å². The molecular weight excluding hydrogens is 308 g/mol. The van der Waals surface area contributed by atoms with Crippen LogP contribution in [0.25, 0.3) is 0 Å². The Hall–Kier alpha value is -3.15. The molecule has 1 unspecified atom stereocenters. The predicted molar refractivity (Wildman–Crippen MR) is 87.6 cm³/mol. The van der Waals surface area contributed by atoms with Gasteiger partial charge in [0, 0.05) is 17.7 Å². The molecule has 6 nitrogen and oxygen atoms in total. The number of ether oxygens (including phenoxy) is 1. The third-order valence-corrected chi connectivity index (χ3v) is 3.99. The Morgan fingerprint density at radius 2 is 1.79 bits per heavy atom. The molecule has 0 spiro atoms. The lowest BCUT2D eigenvalue weighted by molar-refractivity contribution is -0.134. The van der Waals surface area contributed by atoms with Gasteiger partial charge in [-0.05, 0) is 42.8 Å². The number of esters is 1. The van der Waals surface area contributed by atoms with Gasteiger partial charge in [0.25, 0.3) is 5.91 Å². The maximum Gasteiger partial charge on any atom is 0.339 e. The van der Waals surface area contributed by atoms with E-state index >= 15 is 0 Å². The number of hydrogen-bond acceptors (Lipinski definition) is 4. The molecule has 0 aromatic heterocycles. The first kappa shape index (κ1) is 15.7. The van der Waals surface area contributed by atoms with Crippen molar-refractivity contribution in [3.8, 4) is 0 Å². The summed E-state index contributed by atoms with van der Waals surface area (Å²) >= 11 is 0. The van der Waals surface area contributed by atoms with E-state index in [1.807, 2.05) is 12.1 Å². The Bertz CT molecular complexity index is 829. The summed E-state index contributed by atoms with van der Waals surface area (Å²) in [5.74, 6) is -1.49. The number of nitrogens with one attached hydrogen (secondary N) is 1. The molecule has 0 saturated carbocycles. The fourth-order valence-corrected chi connectivity index (χ4v) is 2.64. The molecule has 1 atom stereocenters. The lowest BCUT2D eigenvalue weighted by Crippen LogP contribution is -2.48. The van der Waals surface area contributed by atoms with Crippen LogP contribution in [0.15, 0.2) is 48.5 Å². The van der Waals surface area contributed by atoms with E-state index in [0.717, 1.165) is 5.56 Å². The van der Waals surface area contributed by atoms with Gasteiger partial charge in [0.05, 0.1) is 5.56 Å². The lowest BCUT2D eigenvalue weighted by atomic mass is 9.89. The van der Waals surface area contributed by atoms with Crippen molar-refractivity contribution in [2.45, 2.75) is 18.9 Å². The summed E-state index contributed by atoms with van der Waals surface area (Å²) in [6.07, 6.45) is 0.292. The summed E-state index contributed by atoms with van der Waals surface area (Å²) in [6, 6.07) is 13.2. The molecular formula is C18H16N2O4. The Kier molecular flexibility index (Phi) is 3.81. The number of benzene rings is 2. The van der Waals surface area contributed by atoms with Crippen molar-refractivity contribution in [2.24, 2.45) is 5.73 Å². The van der Waals surface area contributed by atoms with Crippen molar-refractivity contribution >= 4 is 23.5 Å². The van der Waals surface area contributed by atoms with Gasteiger partial charge in [0.1, 0.15) is 0 Å². The van der Waals surface area contributed by atoms with Gasteiger partial charge in [-0.2, -0.15) is 0 Å². The Morgan fingerprint density at radius 1 is 1.12 bits per heavy atom. The molecule has 0 bridgehead atoms. The zero-order valence-corrected chi connectivity index (χ0v) is 13.0. The van der Waals surface area contributed by atoms with Crippen molar-refractivity contribution in [3.05, 3.63) is 65.2 Å². The fraction of sp³-hybridized carbons (Fsp3) is 0.167. The predicted octanol–water partition coefficient (Wildman–Crippen LogP) is 1.90. The first-order valence-electron chi connectivity index (χ1n) is 7.42. The number of anilines is 1. The number of carbonyl (C=O) groups excluding carboxylic acids is 3. The number of rotatable bonds is 3. The summed E-state index contributed by atoms with van der Waals surface area (Å²) in [6.45, 7) is 1.58. The number of nitrogens with two attached hydrogens (primary N) is 1. The quantitative estimate of drug-likeness (QED) is 0.842. The van der Waals surface area contributed by atoms with Crippen LogP contribution in [-0.4, -0.2) is 23.4 Å². The minimum Gasteiger partial charge on any atom is -0.445 e. The third-order valence-electron chi connectivity index (χ3n) is 3.99. The fourth-order valence-electron chi connectivity index (χ4n) is 2.64. The number of primary amides is 1. The third kappa shape index (κ3) is 2.86. The molecule has 0 fully saturated rings. The molecule has 0 aliphatic carbocycles. The molecule has 2 aromatic rings. The van der Waals surface area contributed by atoms with E-state index in [9.17, 15) is 14.4 Å². The van der Waals surface area contributed by atoms with Crippen LogP contribution in [0.2, 0.25) is 0 Å². The average Bonchev–Trinajstić information content (AvgIpc) is 2.55. The topological polar surface area (TPSA) is 98.5 Å². The van der Waals surface area contributed by atoms with E-state index < -0.39 is 23.4 Å². The van der Waals surface area contributed by atoms with Crippen LogP contribution in [0.5, 0.6) is 0 Å². The average molecular weight is 324 g/mol. The molecule has 1 aliphatic rings. The van der Waals surface area contributed by atoms with Crippen molar-refractivity contribution in [1.82, 2.24) is 0 Å². The van der Waals surface area contributed by atoms with E-state index in [-0.39, 0.29) is 0 Å². The molecule has 0 radical (unpaired) electrons. The van der Waals surface area contributed by atoms with Gasteiger partial charge in [0.15, 0.2) is 5.60 Å². The molecule has 122 valence electrons. The van der Waals surface area contributed by atoms with Crippen molar-refractivity contribution in [2.75, 3.05) is 5.32 Å². The monoisotopic (exact) mass is 324 g/mol. The molecule has 1 heterocycles. The molecule has 6 heteroatoms. The summed E-state index contributed by atoms with van der Waals surface area (Å²) in [7, 11) is 0. The largest absolute Gasteiger partial charge is 0.445 e. The van der Waals surface area contributed by atoms with Crippen LogP contribution in [-0.2, 0) is 16.0 Å². The Labute approximate surface area is 138 Å². The summed E-state index contributed by atoms with van der Waals surface area (Å²) < 4.78 is 5.37. The van der Waals surface area contributed by atoms with Gasteiger partial charge in [-0.1, -0.05) is 18.2 Å². The molecule has 0 saturated heterocycles. The SMILES string of the molecule is CC1(C(=O)Nc2ccc(C(N)=O)cc2)Cc2ccccc2C(=O)O1. The highest BCUT2D eigenvalue weighted by molar-refractivity contribution is 6.02. The summed E-state index contributed by atoms with van der Waals surface area (Å²) in [4.78, 5) is 35.8. The highest BCUT2D eigenvalue weighted by Gasteiger charge is 2.42. The van der Waals surface area contributed by atoms with E-state index in [1.165, 1.54) is 12.1 Å². The van der Waals surface area contributed by atoms with E-state index in [2.05, 4.69) is 5.32 Å². The summed E-state index contributed by atoms with van der Waals surface area (Å²) in [5, 5.41) is 2.70. The van der Waals surface area contributed by atoms with Gasteiger partial charge in [-0.15, -0.1) is 0 Å². The smallest absolute Gasteiger partial charge is 0.339 e. The van der Waals surface area contributed by atoms with E-state index in [0.29, 0.717) is 23.2 Å². The van der Waals surface area contributed by atoms with Gasteiger partial charge >= 0.3 is 5.97 Å². The Morgan fingerprint density at radius 3 is 2.46 bits per heavy atom. The van der Waals surface area contributed by atoms with Crippen molar-refractivity contribution < 1.29 is 19.1 Å². The number of hydrogen-bond donors (Lipinski definition) is 2. The van der Waals surface area contributed by atoms with Crippen LogP contribution in [0.4, 0.5) is 5.69 Å². The van der Waals surface area contributed by atoms with E-state index in [4.69, 9.17) is 10.5 Å². The van der Waals surface area contributed by atoms with Crippen LogP contribution >= 0.6 is 0 Å². The van der Waals surface area contributed by atoms with Gasteiger partial charge in [-0.3, -0.25) is 9.59 Å². The van der Waals surface area contributed by atoms with Crippen molar-refractivity contribution in [1.29, 1.82) is 0 Å². The second-order valence-corrected chi connectivity index (χ2v) is 5.85. The zero-order chi connectivity index (χ0) is 17.3. The normalized spacial score (nSPS) is 19.1. The number of carbonyl (C=O) groups is 3. The lowest BCUT2D eigenvalue weighted by Gasteiger charge is -2.33. The number of cyclic esters (lactones) is 1. The minimum atomic E-state index is -1.30. The summed E-state index contributed by atoms with van der Waals surface area (Å²) in [5.41, 5.74) is 5.97. The first-order chi connectivity index (χ1) is 11.4.